The van der Waals surface area contributed by atoms with E-state index < -0.39 is 4.92 Å². The van der Waals surface area contributed by atoms with Gasteiger partial charge in [-0.25, -0.2) is 4.99 Å². The molecule has 0 bridgehead atoms. The SMILES string of the molecule is CC(C)(C)[C@H]1CCc2c(sc(N=Cc3cc([N+](=O)[O-])ccc3N3CCOCC3)c2C(=O)Nc2ccc(Cl)cc2)C1. The van der Waals surface area contributed by atoms with Crippen molar-refractivity contribution in [2.24, 2.45) is 16.3 Å². The molecular weight excluding hydrogens is 548 g/mol. The largest absolute Gasteiger partial charge is 0.378 e. The van der Waals surface area contributed by atoms with Crippen LogP contribution in [0.4, 0.5) is 22.1 Å². The van der Waals surface area contributed by atoms with Crippen LogP contribution in [-0.2, 0) is 17.6 Å². The summed E-state index contributed by atoms with van der Waals surface area (Å²) in [7, 11) is 0. The maximum atomic E-state index is 13.7. The van der Waals surface area contributed by atoms with Gasteiger partial charge in [0.05, 0.1) is 23.7 Å². The number of morpholine rings is 1. The molecule has 0 unspecified atom stereocenters. The molecule has 1 amide bonds. The summed E-state index contributed by atoms with van der Waals surface area (Å²) in [5.41, 5.74) is 3.94. The summed E-state index contributed by atoms with van der Waals surface area (Å²) in [6.45, 7) is 9.35. The molecule has 2 heterocycles. The maximum Gasteiger partial charge on any atom is 0.270 e. The zero-order valence-corrected chi connectivity index (χ0v) is 24.5. The van der Waals surface area contributed by atoms with Gasteiger partial charge in [0, 0.05) is 58.3 Å². The van der Waals surface area contributed by atoms with Gasteiger partial charge in [-0.05, 0) is 66.5 Å². The van der Waals surface area contributed by atoms with Gasteiger partial charge in [-0.1, -0.05) is 32.4 Å². The summed E-state index contributed by atoms with van der Waals surface area (Å²) in [4.78, 5) is 33.0. The summed E-state index contributed by atoms with van der Waals surface area (Å²) in [5, 5.41) is 15.8. The Kier molecular flexibility index (Phi) is 8.26. The first-order chi connectivity index (χ1) is 19.1. The average molecular weight is 581 g/mol. The zero-order chi connectivity index (χ0) is 28.4. The number of non-ortho nitro benzene ring substituents is 1. The lowest BCUT2D eigenvalue weighted by atomic mass is 9.72. The van der Waals surface area contributed by atoms with Crippen LogP contribution in [0.2, 0.25) is 5.02 Å². The number of nitro groups is 1. The van der Waals surface area contributed by atoms with E-state index in [2.05, 4.69) is 31.0 Å². The summed E-state index contributed by atoms with van der Waals surface area (Å²) in [6, 6.07) is 11.9. The Morgan fingerprint density at radius 3 is 2.60 bits per heavy atom. The third-order valence-corrected chi connectivity index (χ3v) is 9.11. The molecule has 1 saturated heterocycles. The molecule has 2 aliphatic rings. The molecule has 2 aromatic carbocycles. The molecule has 1 aliphatic heterocycles. The summed E-state index contributed by atoms with van der Waals surface area (Å²) in [5.74, 6) is 0.293. The number of benzene rings is 2. The van der Waals surface area contributed by atoms with E-state index in [0.717, 1.165) is 30.5 Å². The van der Waals surface area contributed by atoms with Crippen LogP contribution in [0.25, 0.3) is 0 Å². The minimum atomic E-state index is -0.401. The number of amides is 1. The molecule has 1 atom stereocenters. The Hall–Kier alpha value is -3.27. The van der Waals surface area contributed by atoms with E-state index in [-0.39, 0.29) is 17.0 Å². The number of thiophene rings is 1. The van der Waals surface area contributed by atoms with E-state index in [4.69, 9.17) is 21.3 Å². The number of halogens is 1. The Morgan fingerprint density at radius 2 is 1.93 bits per heavy atom. The summed E-state index contributed by atoms with van der Waals surface area (Å²) < 4.78 is 5.50. The number of aliphatic imine (C=N–C) groups is 1. The van der Waals surface area contributed by atoms with Crippen molar-refractivity contribution >= 4 is 57.1 Å². The van der Waals surface area contributed by atoms with E-state index in [0.29, 0.717) is 59.1 Å². The molecule has 8 nitrogen and oxygen atoms in total. The molecule has 1 fully saturated rings. The minimum absolute atomic E-state index is 0.00217. The first-order valence-electron chi connectivity index (χ1n) is 13.5. The van der Waals surface area contributed by atoms with Gasteiger partial charge < -0.3 is 15.0 Å². The lowest BCUT2D eigenvalue weighted by Crippen LogP contribution is -2.36. The minimum Gasteiger partial charge on any atom is -0.378 e. The van der Waals surface area contributed by atoms with Gasteiger partial charge in [0.2, 0.25) is 0 Å². The standard InChI is InChI=1S/C30H33ClN4O4S/c1-30(2,3)20-4-10-24-26(17-20)40-29(27(24)28(36)33-22-7-5-21(31)6-8-22)32-18-19-16-23(35(37)38)9-11-25(19)34-12-14-39-15-13-34/h5-9,11,16,18,20H,4,10,12-15,17H2,1-3H3,(H,33,36)/t20-/m0/s1. The molecule has 0 radical (unpaired) electrons. The topological polar surface area (TPSA) is 97.1 Å². The van der Waals surface area contributed by atoms with Crippen LogP contribution in [0.5, 0.6) is 0 Å². The highest BCUT2D eigenvalue weighted by atomic mass is 35.5. The van der Waals surface area contributed by atoms with Gasteiger partial charge in [-0.2, -0.15) is 0 Å². The Labute approximate surface area is 243 Å². The number of anilines is 2. The fraction of sp³-hybridized carbons (Fsp3) is 0.400. The smallest absolute Gasteiger partial charge is 0.270 e. The fourth-order valence-electron chi connectivity index (χ4n) is 5.34. The highest BCUT2D eigenvalue weighted by Crippen LogP contribution is 2.45. The van der Waals surface area contributed by atoms with Crippen molar-refractivity contribution in [3.63, 3.8) is 0 Å². The second kappa shape index (κ2) is 11.7. The predicted molar refractivity (Wildman–Crippen MR) is 162 cm³/mol. The molecule has 210 valence electrons. The Balaban J connectivity index is 1.54. The number of carbonyl (C=O) groups excluding carboxylic acids is 1. The van der Waals surface area contributed by atoms with E-state index >= 15 is 0 Å². The molecule has 3 aromatic rings. The van der Waals surface area contributed by atoms with Crippen molar-refractivity contribution < 1.29 is 14.5 Å². The quantitative estimate of drug-likeness (QED) is 0.187. The Morgan fingerprint density at radius 1 is 1.20 bits per heavy atom. The normalized spacial score (nSPS) is 17.6. The van der Waals surface area contributed by atoms with Crippen LogP contribution < -0.4 is 10.2 Å². The predicted octanol–water partition coefficient (Wildman–Crippen LogP) is 7.30. The number of carbonyl (C=O) groups is 1. The molecule has 1 aromatic heterocycles. The van der Waals surface area contributed by atoms with Crippen molar-refractivity contribution in [2.45, 2.75) is 40.0 Å². The third-order valence-electron chi connectivity index (χ3n) is 7.70. The van der Waals surface area contributed by atoms with Crippen molar-refractivity contribution in [3.8, 4) is 0 Å². The van der Waals surface area contributed by atoms with E-state index in [9.17, 15) is 14.9 Å². The van der Waals surface area contributed by atoms with Crippen LogP contribution in [0.3, 0.4) is 0 Å². The van der Waals surface area contributed by atoms with Crippen LogP contribution in [0.1, 0.15) is 53.6 Å². The fourth-order valence-corrected chi connectivity index (χ4v) is 6.74. The van der Waals surface area contributed by atoms with Crippen LogP contribution in [-0.4, -0.2) is 43.3 Å². The molecule has 10 heteroatoms. The van der Waals surface area contributed by atoms with Crippen molar-refractivity contribution in [2.75, 3.05) is 36.5 Å². The number of rotatable bonds is 6. The highest BCUT2D eigenvalue weighted by molar-refractivity contribution is 7.16. The monoisotopic (exact) mass is 580 g/mol. The van der Waals surface area contributed by atoms with E-state index in [1.54, 1.807) is 53.9 Å². The molecule has 1 N–H and O–H groups in total. The molecule has 0 spiro atoms. The van der Waals surface area contributed by atoms with Gasteiger partial charge in [0.25, 0.3) is 11.6 Å². The van der Waals surface area contributed by atoms with Gasteiger partial charge in [-0.3, -0.25) is 14.9 Å². The van der Waals surface area contributed by atoms with Gasteiger partial charge in [-0.15, -0.1) is 11.3 Å². The first-order valence-corrected chi connectivity index (χ1v) is 14.7. The summed E-state index contributed by atoms with van der Waals surface area (Å²) >= 11 is 7.58. The summed E-state index contributed by atoms with van der Waals surface area (Å²) in [6.07, 6.45) is 4.37. The van der Waals surface area contributed by atoms with Crippen molar-refractivity contribution in [1.29, 1.82) is 0 Å². The maximum absolute atomic E-state index is 13.7. The first kappa shape index (κ1) is 28.3. The third kappa shape index (κ3) is 6.22. The van der Waals surface area contributed by atoms with E-state index in [1.165, 1.54) is 10.9 Å². The van der Waals surface area contributed by atoms with Gasteiger partial charge in [0.1, 0.15) is 5.00 Å². The van der Waals surface area contributed by atoms with Crippen molar-refractivity contribution in [3.05, 3.63) is 79.2 Å². The van der Waals surface area contributed by atoms with Gasteiger partial charge >= 0.3 is 0 Å². The number of fused-ring (bicyclic) bond motifs is 1. The van der Waals surface area contributed by atoms with Crippen LogP contribution in [0.15, 0.2) is 47.5 Å². The molecular formula is C30H33ClN4O4S. The van der Waals surface area contributed by atoms with Crippen LogP contribution in [0, 0.1) is 21.4 Å². The highest BCUT2D eigenvalue weighted by Gasteiger charge is 2.33. The lowest BCUT2D eigenvalue weighted by molar-refractivity contribution is -0.384. The van der Waals surface area contributed by atoms with E-state index in [1.807, 2.05) is 0 Å². The Bertz CT molecular complexity index is 1440. The zero-order valence-electron chi connectivity index (χ0n) is 22.9. The molecule has 0 saturated carbocycles. The number of nitro benzene ring substituents is 1. The van der Waals surface area contributed by atoms with Crippen molar-refractivity contribution in [1.82, 2.24) is 0 Å². The van der Waals surface area contributed by atoms with Crippen LogP contribution >= 0.6 is 22.9 Å². The molecule has 5 rings (SSSR count). The second-order valence-corrected chi connectivity index (χ2v) is 12.8. The second-order valence-electron chi connectivity index (χ2n) is 11.3. The molecule has 1 aliphatic carbocycles. The number of hydrogen-bond donors (Lipinski definition) is 1. The lowest BCUT2D eigenvalue weighted by Gasteiger charge is -2.33. The number of ether oxygens (including phenoxy) is 1. The molecule has 40 heavy (non-hydrogen) atoms. The number of nitrogens with one attached hydrogen (secondary N) is 1. The number of hydrogen-bond acceptors (Lipinski definition) is 7. The average Bonchev–Trinajstić information content (AvgIpc) is 3.31. The number of nitrogens with zero attached hydrogens (tertiary/aromatic N) is 3. The van der Waals surface area contributed by atoms with Gasteiger partial charge in [0.15, 0.2) is 0 Å².